The number of hydrogen-bond donors (Lipinski definition) is 4. The quantitative estimate of drug-likeness (QED) is 0.179. The van der Waals surface area contributed by atoms with Crippen LogP contribution in [0.3, 0.4) is 0 Å². The molecule has 1 heterocycles. The monoisotopic (exact) mass is 557 g/mol. The van der Waals surface area contributed by atoms with Crippen LogP contribution in [0.1, 0.15) is 55.8 Å². The predicted molar refractivity (Wildman–Crippen MR) is 137 cm³/mol. The Morgan fingerprint density at radius 3 is 2.59 bits per heavy atom. The Morgan fingerprint density at radius 1 is 1.12 bits per heavy atom. The first kappa shape index (κ1) is 26.2. The summed E-state index contributed by atoms with van der Waals surface area (Å²) in [5.41, 5.74) is 0.255. The Labute approximate surface area is 207 Å². The highest BCUT2D eigenvalue weighted by molar-refractivity contribution is 14.0. The third-order valence-electron chi connectivity index (χ3n) is 5.96. The molecule has 1 aliphatic heterocycles. The van der Waals surface area contributed by atoms with E-state index in [0.717, 1.165) is 32.4 Å². The fourth-order valence-corrected chi connectivity index (χ4v) is 4.30. The van der Waals surface area contributed by atoms with Crippen molar-refractivity contribution in [3.63, 3.8) is 0 Å². The SMILES string of the molecule is CCNC(=NCCNC(=O)c1ccccc1O)NC1CCN(C(=O)C2CCCCC2)C1.I. The minimum Gasteiger partial charge on any atom is -0.507 e. The number of aromatic hydroxyl groups is 1. The van der Waals surface area contributed by atoms with Gasteiger partial charge in [0.15, 0.2) is 5.96 Å². The fraction of sp³-hybridized carbons (Fsp3) is 0.609. The van der Waals surface area contributed by atoms with E-state index in [0.29, 0.717) is 31.5 Å². The second-order valence-electron chi connectivity index (χ2n) is 8.28. The maximum absolute atomic E-state index is 12.8. The number of carbonyl (C=O) groups is 2. The number of nitrogens with zero attached hydrogens (tertiary/aromatic N) is 2. The molecule has 32 heavy (non-hydrogen) atoms. The van der Waals surface area contributed by atoms with Crippen molar-refractivity contribution in [3.8, 4) is 5.75 Å². The molecular formula is C23H36IN5O3. The van der Waals surface area contributed by atoms with Crippen LogP contribution in [0, 0.1) is 5.92 Å². The van der Waals surface area contributed by atoms with Gasteiger partial charge in [0, 0.05) is 38.1 Å². The van der Waals surface area contributed by atoms with Gasteiger partial charge >= 0.3 is 0 Å². The number of phenols is 1. The highest BCUT2D eigenvalue weighted by atomic mass is 127. The van der Waals surface area contributed by atoms with Crippen molar-refractivity contribution in [2.45, 2.75) is 51.5 Å². The number of hydrogen-bond acceptors (Lipinski definition) is 4. The van der Waals surface area contributed by atoms with Gasteiger partial charge in [0.1, 0.15) is 5.75 Å². The topological polar surface area (TPSA) is 106 Å². The van der Waals surface area contributed by atoms with E-state index in [4.69, 9.17) is 0 Å². The largest absolute Gasteiger partial charge is 0.507 e. The summed E-state index contributed by atoms with van der Waals surface area (Å²) >= 11 is 0. The number of phenolic OH excluding ortho intramolecular Hbond substituents is 1. The molecule has 3 rings (SSSR count). The Hall–Kier alpha value is -2.04. The summed E-state index contributed by atoms with van der Waals surface area (Å²) in [7, 11) is 0. The smallest absolute Gasteiger partial charge is 0.255 e. The Bertz CT molecular complexity index is 783. The molecule has 4 N–H and O–H groups in total. The maximum atomic E-state index is 12.8. The molecule has 8 nitrogen and oxygen atoms in total. The molecule has 178 valence electrons. The van der Waals surface area contributed by atoms with Gasteiger partial charge in [-0.3, -0.25) is 14.6 Å². The van der Waals surface area contributed by atoms with Crippen molar-refractivity contribution in [2.75, 3.05) is 32.7 Å². The van der Waals surface area contributed by atoms with E-state index < -0.39 is 0 Å². The summed E-state index contributed by atoms with van der Waals surface area (Å²) in [6, 6.07) is 6.65. The fourth-order valence-electron chi connectivity index (χ4n) is 4.30. The van der Waals surface area contributed by atoms with Crippen molar-refractivity contribution in [1.29, 1.82) is 0 Å². The van der Waals surface area contributed by atoms with Crippen LogP contribution < -0.4 is 16.0 Å². The van der Waals surface area contributed by atoms with Gasteiger partial charge in [-0.25, -0.2) is 0 Å². The average Bonchev–Trinajstić information content (AvgIpc) is 3.25. The Kier molecular flexibility index (Phi) is 11.1. The van der Waals surface area contributed by atoms with E-state index in [9.17, 15) is 14.7 Å². The van der Waals surface area contributed by atoms with Crippen LogP contribution in [0.5, 0.6) is 5.75 Å². The Morgan fingerprint density at radius 2 is 1.88 bits per heavy atom. The summed E-state index contributed by atoms with van der Waals surface area (Å²) in [4.78, 5) is 31.5. The van der Waals surface area contributed by atoms with Crippen LogP contribution in [0.25, 0.3) is 0 Å². The van der Waals surface area contributed by atoms with E-state index >= 15 is 0 Å². The average molecular weight is 557 g/mol. The van der Waals surface area contributed by atoms with Crippen molar-refractivity contribution < 1.29 is 14.7 Å². The molecule has 1 saturated carbocycles. The summed E-state index contributed by atoms with van der Waals surface area (Å²) in [5.74, 6) is 0.863. The van der Waals surface area contributed by atoms with Gasteiger partial charge in [-0.15, -0.1) is 24.0 Å². The van der Waals surface area contributed by atoms with Crippen molar-refractivity contribution >= 4 is 41.8 Å². The number of para-hydroxylation sites is 1. The molecule has 2 amide bonds. The second kappa shape index (κ2) is 13.5. The van der Waals surface area contributed by atoms with Gasteiger partial charge in [0.05, 0.1) is 12.1 Å². The van der Waals surface area contributed by atoms with Crippen LogP contribution in [-0.4, -0.2) is 66.5 Å². The van der Waals surface area contributed by atoms with Gasteiger partial charge < -0.3 is 26.0 Å². The highest BCUT2D eigenvalue weighted by Crippen LogP contribution is 2.26. The molecule has 0 aromatic heterocycles. The highest BCUT2D eigenvalue weighted by Gasteiger charge is 2.31. The molecular weight excluding hydrogens is 521 g/mol. The lowest BCUT2D eigenvalue weighted by Gasteiger charge is -2.26. The summed E-state index contributed by atoms with van der Waals surface area (Å²) in [6.45, 7) is 5.01. The zero-order valence-electron chi connectivity index (χ0n) is 18.8. The zero-order chi connectivity index (χ0) is 22.1. The molecule has 1 atom stereocenters. The lowest BCUT2D eigenvalue weighted by molar-refractivity contribution is -0.135. The number of likely N-dealkylation sites (tertiary alicyclic amines) is 1. The summed E-state index contributed by atoms with van der Waals surface area (Å²) in [6.07, 6.45) is 6.57. The molecule has 2 fully saturated rings. The van der Waals surface area contributed by atoms with E-state index in [2.05, 4.69) is 20.9 Å². The van der Waals surface area contributed by atoms with Gasteiger partial charge in [0.25, 0.3) is 5.91 Å². The number of benzene rings is 1. The van der Waals surface area contributed by atoms with E-state index in [1.807, 2.05) is 11.8 Å². The van der Waals surface area contributed by atoms with Gasteiger partial charge in [-0.2, -0.15) is 0 Å². The number of amides is 2. The van der Waals surface area contributed by atoms with Crippen molar-refractivity contribution in [1.82, 2.24) is 20.9 Å². The zero-order valence-corrected chi connectivity index (χ0v) is 21.1. The summed E-state index contributed by atoms with van der Waals surface area (Å²) < 4.78 is 0. The van der Waals surface area contributed by atoms with Crippen LogP contribution in [0.15, 0.2) is 29.3 Å². The predicted octanol–water partition coefficient (Wildman–Crippen LogP) is 2.48. The molecule has 1 unspecified atom stereocenters. The number of halogens is 1. The molecule has 2 aliphatic rings. The lowest BCUT2D eigenvalue weighted by atomic mass is 9.88. The number of aliphatic imine (C=N–C) groups is 1. The van der Waals surface area contributed by atoms with E-state index in [-0.39, 0.29) is 53.2 Å². The first-order valence-electron chi connectivity index (χ1n) is 11.5. The first-order chi connectivity index (χ1) is 15.1. The standard InChI is InChI=1S/C23H35N5O3.HI/c1-2-24-23(26-14-13-25-21(30)19-10-6-7-11-20(19)29)27-18-12-15-28(16-18)22(31)17-8-4-3-5-9-17;/h6-7,10-11,17-18,29H,2-5,8-9,12-16H2,1H3,(H,25,30)(H2,24,26,27);1H. The van der Waals surface area contributed by atoms with E-state index in [1.165, 1.54) is 25.3 Å². The molecule has 1 aliphatic carbocycles. The van der Waals surface area contributed by atoms with Gasteiger partial charge in [-0.1, -0.05) is 31.4 Å². The number of carbonyl (C=O) groups excluding carboxylic acids is 2. The number of guanidine groups is 1. The number of nitrogens with one attached hydrogen (secondary N) is 3. The second-order valence-corrected chi connectivity index (χ2v) is 8.28. The van der Waals surface area contributed by atoms with Gasteiger partial charge in [0.2, 0.25) is 5.91 Å². The molecule has 0 bridgehead atoms. The van der Waals surface area contributed by atoms with Crippen molar-refractivity contribution in [2.24, 2.45) is 10.9 Å². The minimum absolute atomic E-state index is 0. The van der Waals surface area contributed by atoms with Crippen LogP contribution in [0.4, 0.5) is 0 Å². The normalized spacial score (nSPS) is 19.2. The van der Waals surface area contributed by atoms with Crippen LogP contribution >= 0.6 is 24.0 Å². The minimum atomic E-state index is -0.320. The molecule has 0 spiro atoms. The van der Waals surface area contributed by atoms with Crippen LogP contribution in [-0.2, 0) is 4.79 Å². The lowest BCUT2D eigenvalue weighted by Crippen LogP contribution is -2.46. The summed E-state index contributed by atoms with van der Waals surface area (Å²) in [5, 5.41) is 19.2. The first-order valence-corrected chi connectivity index (χ1v) is 11.5. The molecule has 1 aromatic carbocycles. The number of rotatable bonds is 7. The van der Waals surface area contributed by atoms with Gasteiger partial charge in [-0.05, 0) is 38.3 Å². The Balaban J connectivity index is 0.00000363. The van der Waals surface area contributed by atoms with Crippen molar-refractivity contribution in [3.05, 3.63) is 29.8 Å². The maximum Gasteiger partial charge on any atom is 0.255 e. The molecule has 9 heteroatoms. The third-order valence-corrected chi connectivity index (χ3v) is 5.96. The molecule has 1 saturated heterocycles. The van der Waals surface area contributed by atoms with E-state index in [1.54, 1.807) is 18.2 Å². The molecule has 0 radical (unpaired) electrons. The molecule has 1 aromatic rings. The van der Waals surface area contributed by atoms with Crippen LogP contribution in [0.2, 0.25) is 0 Å². The third kappa shape index (κ3) is 7.53.